The molecular weight excluding hydrogens is 500 g/mol. The van der Waals surface area contributed by atoms with Gasteiger partial charge in [0.25, 0.3) is 0 Å². The highest BCUT2D eigenvalue weighted by Crippen LogP contribution is 2.29. The van der Waals surface area contributed by atoms with Crippen LogP contribution in [0.3, 0.4) is 0 Å². The third-order valence-corrected chi connectivity index (χ3v) is 8.32. The molecule has 3 aromatic rings. The standard InChI is InChI=1S/C37H44N4/c1-5-9-12-15-27-32-20-18-30(38-32)26(8-4)31-19-21-33(39-31)28(16-13-10-6-2)35-23-25-37(41-35)29(17-14-11-7-3)36-24-22-34(27)40-36/h4,18-25,38,41H,5-7,9-17H2,1-3H3. The molecule has 0 spiro atoms. The molecule has 4 heteroatoms. The van der Waals surface area contributed by atoms with E-state index in [-0.39, 0.29) is 0 Å². The molecule has 5 rings (SSSR count). The number of fused-ring (bicyclic) bond motifs is 8. The van der Waals surface area contributed by atoms with Gasteiger partial charge in [-0.1, -0.05) is 65.2 Å². The molecule has 0 amide bonds. The number of nitrogens with one attached hydrogen (secondary N) is 2. The van der Waals surface area contributed by atoms with Gasteiger partial charge in [-0.3, -0.25) is 0 Å². The van der Waals surface area contributed by atoms with E-state index in [4.69, 9.17) is 16.4 Å². The lowest BCUT2D eigenvalue weighted by Gasteiger charge is -2.05. The molecule has 0 radical (unpaired) electrons. The van der Waals surface area contributed by atoms with E-state index < -0.39 is 0 Å². The average molecular weight is 545 g/mol. The summed E-state index contributed by atoms with van der Waals surface area (Å²) in [5.41, 5.74) is 12.9. The first-order valence-electron chi connectivity index (χ1n) is 15.8. The van der Waals surface area contributed by atoms with Gasteiger partial charge in [0, 0.05) is 33.2 Å². The molecule has 2 aliphatic rings. The number of nitrogens with zero attached hydrogens (tertiary/aromatic N) is 2. The number of hydrogen-bond donors (Lipinski definition) is 2. The lowest BCUT2D eigenvalue weighted by Crippen LogP contribution is -1.95. The monoisotopic (exact) mass is 544 g/mol. The van der Waals surface area contributed by atoms with E-state index in [0.717, 1.165) is 88.9 Å². The zero-order valence-electron chi connectivity index (χ0n) is 25.1. The molecule has 2 aliphatic heterocycles. The van der Waals surface area contributed by atoms with Crippen LogP contribution in [0.5, 0.6) is 0 Å². The number of aromatic amines is 2. The molecular formula is C37H44N4. The number of aromatic nitrogens is 4. The van der Waals surface area contributed by atoms with Crippen LogP contribution >= 0.6 is 0 Å². The van der Waals surface area contributed by atoms with Crippen molar-refractivity contribution in [3.05, 3.63) is 69.3 Å². The van der Waals surface area contributed by atoms with Crippen molar-refractivity contribution in [3.8, 4) is 12.3 Å². The Hall–Kier alpha value is -3.84. The van der Waals surface area contributed by atoms with Gasteiger partial charge in [0.2, 0.25) is 0 Å². The molecule has 0 aliphatic carbocycles. The van der Waals surface area contributed by atoms with E-state index in [2.05, 4.69) is 85.2 Å². The van der Waals surface area contributed by atoms with E-state index in [1.54, 1.807) is 0 Å². The summed E-state index contributed by atoms with van der Waals surface area (Å²) in [4.78, 5) is 17.9. The topological polar surface area (TPSA) is 57.4 Å². The summed E-state index contributed by atoms with van der Waals surface area (Å²) in [7, 11) is 0. The summed E-state index contributed by atoms with van der Waals surface area (Å²) in [6.45, 7) is 6.76. The van der Waals surface area contributed by atoms with Crippen LogP contribution in [0.2, 0.25) is 0 Å². The smallest absolute Gasteiger partial charge is 0.0815 e. The molecule has 41 heavy (non-hydrogen) atoms. The Morgan fingerprint density at radius 3 is 1.32 bits per heavy atom. The molecule has 2 N–H and O–H groups in total. The Morgan fingerprint density at radius 1 is 0.537 bits per heavy atom. The number of aryl methyl sites for hydroxylation is 3. The molecule has 0 atom stereocenters. The highest BCUT2D eigenvalue weighted by Gasteiger charge is 2.15. The van der Waals surface area contributed by atoms with Crippen molar-refractivity contribution < 1.29 is 0 Å². The minimum absolute atomic E-state index is 0.797. The molecule has 4 nitrogen and oxygen atoms in total. The first kappa shape index (κ1) is 28.7. The Labute approximate surface area is 245 Å². The Kier molecular flexibility index (Phi) is 9.57. The maximum atomic E-state index is 6.10. The van der Waals surface area contributed by atoms with E-state index in [0.29, 0.717) is 0 Å². The van der Waals surface area contributed by atoms with Gasteiger partial charge in [0.15, 0.2) is 0 Å². The van der Waals surface area contributed by atoms with E-state index in [1.807, 2.05) is 0 Å². The van der Waals surface area contributed by atoms with Crippen LogP contribution in [0.4, 0.5) is 0 Å². The van der Waals surface area contributed by atoms with Crippen molar-refractivity contribution in [2.24, 2.45) is 0 Å². The van der Waals surface area contributed by atoms with Gasteiger partial charge in [0.1, 0.15) is 0 Å². The zero-order valence-corrected chi connectivity index (χ0v) is 25.1. The van der Waals surface area contributed by atoms with Crippen LogP contribution in [-0.4, -0.2) is 19.9 Å². The second-order valence-corrected chi connectivity index (χ2v) is 11.3. The van der Waals surface area contributed by atoms with Crippen molar-refractivity contribution in [1.29, 1.82) is 0 Å². The minimum Gasteiger partial charge on any atom is -0.355 e. The van der Waals surface area contributed by atoms with Crippen LogP contribution in [0.15, 0.2) is 24.3 Å². The lowest BCUT2D eigenvalue weighted by atomic mass is 10.1. The van der Waals surface area contributed by atoms with Crippen molar-refractivity contribution in [1.82, 2.24) is 19.9 Å². The number of hydrogen-bond acceptors (Lipinski definition) is 2. The molecule has 0 unspecified atom stereocenters. The predicted molar refractivity (Wildman–Crippen MR) is 176 cm³/mol. The first-order chi connectivity index (χ1) is 20.2. The van der Waals surface area contributed by atoms with Gasteiger partial charge >= 0.3 is 0 Å². The van der Waals surface area contributed by atoms with Crippen molar-refractivity contribution in [3.63, 3.8) is 0 Å². The fraction of sp³-hybridized carbons (Fsp3) is 0.405. The Balaban J connectivity index is 1.84. The van der Waals surface area contributed by atoms with E-state index >= 15 is 0 Å². The van der Waals surface area contributed by atoms with Gasteiger partial charge in [-0.25, -0.2) is 9.97 Å². The number of rotatable bonds is 12. The van der Waals surface area contributed by atoms with Crippen LogP contribution in [0.1, 0.15) is 124 Å². The molecule has 0 aromatic carbocycles. The second kappa shape index (κ2) is 13.7. The van der Waals surface area contributed by atoms with Gasteiger partial charge < -0.3 is 9.97 Å². The molecule has 5 heterocycles. The van der Waals surface area contributed by atoms with Crippen LogP contribution < -0.4 is 0 Å². The SMILES string of the molecule is C#Cc1c2nc(c(CCCCC)c3ccc([nH]3)c(CCCCC)c3nc(c(CCCCC)c4ccc1[nH]4)C=C3)C=C2. The summed E-state index contributed by atoms with van der Waals surface area (Å²) in [5.74, 6) is 2.94. The van der Waals surface area contributed by atoms with Crippen molar-refractivity contribution in [2.45, 2.75) is 97.8 Å². The van der Waals surface area contributed by atoms with Gasteiger partial charge in [-0.05, 0) is 87.1 Å². The largest absolute Gasteiger partial charge is 0.355 e. The predicted octanol–water partition coefficient (Wildman–Crippen LogP) is 9.83. The number of terminal acetylenes is 1. The average Bonchev–Trinajstić information content (AvgIpc) is 3.80. The normalized spacial score (nSPS) is 12.2. The van der Waals surface area contributed by atoms with Crippen LogP contribution in [0.25, 0.3) is 46.4 Å². The Morgan fingerprint density at radius 2 is 0.902 bits per heavy atom. The Bertz CT molecular complexity index is 1630. The van der Waals surface area contributed by atoms with Gasteiger partial charge in [-0.2, -0.15) is 0 Å². The summed E-state index contributed by atoms with van der Waals surface area (Å²) in [6, 6.07) is 8.74. The molecule has 212 valence electrons. The van der Waals surface area contributed by atoms with E-state index in [9.17, 15) is 0 Å². The minimum atomic E-state index is 0.797. The fourth-order valence-electron chi connectivity index (χ4n) is 5.98. The zero-order chi connectivity index (χ0) is 28.6. The lowest BCUT2D eigenvalue weighted by molar-refractivity contribution is 0.715. The molecule has 8 bridgehead atoms. The highest BCUT2D eigenvalue weighted by atomic mass is 14.8. The second-order valence-electron chi connectivity index (χ2n) is 11.3. The maximum absolute atomic E-state index is 6.10. The quantitative estimate of drug-likeness (QED) is 0.121. The van der Waals surface area contributed by atoms with Crippen LogP contribution in [-0.2, 0) is 19.3 Å². The van der Waals surface area contributed by atoms with Crippen LogP contribution in [0, 0.1) is 12.3 Å². The highest BCUT2D eigenvalue weighted by molar-refractivity contribution is 5.84. The summed E-state index contributed by atoms with van der Waals surface area (Å²) < 4.78 is 0. The molecule has 0 saturated heterocycles. The third-order valence-electron chi connectivity index (χ3n) is 8.32. The first-order valence-corrected chi connectivity index (χ1v) is 15.8. The molecule has 3 aromatic heterocycles. The van der Waals surface area contributed by atoms with Gasteiger partial charge in [0.05, 0.1) is 33.9 Å². The molecule has 0 fully saturated rings. The summed E-state index contributed by atoms with van der Waals surface area (Å²) >= 11 is 0. The van der Waals surface area contributed by atoms with Crippen molar-refractivity contribution >= 4 is 46.4 Å². The maximum Gasteiger partial charge on any atom is 0.0815 e. The number of H-pyrrole nitrogens is 2. The summed E-state index contributed by atoms with van der Waals surface area (Å²) in [6.07, 6.45) is 28.3. The van der Waals surface area contributed by atoms with E-state index in [1.165, 1.54) is 55.2 Å². The third kappa shape index (κ3) is 6.41. The fourth-order valence-corrected chi connectivity index (χ4v) is 5.98. The van der Waals surface area contributed by atoms with Gasteiger partial charge in [-0.15, -0.1) is 6.42 Å². The number of unbranched alkanes of at least 4 members (excludes halogenated alkanes) is 6. The summed E-state index contributed by atoms with van der Waals surface area (Å²) in [5, 5.41) is 0. The molecule has 0 saturated carbocycles. The van der Waals surface area contributed by atoms with Crippen molar-refractivity contribution in [2.75, 3.05) is 0 Å².